The van der Waals surface area contributed by atoms with Crippen LogP contribution in [0.15, 0.2) is 29.2 Å². The van der Waals surface area contributed by atoms with Crippen molar-refractivity contribution in [1.29, 1.82) is 0 Å². The lowest BCUT2D eigenvalue weighted by molar-refractivity contribution is 0.252. The number of alkyl halides is 2. The van der Waals surface area contributed by atoms with Gasteiger partial charge in [-0.2, -0.15) is 8.78 Å². The maximum absolute atomic E-state index is 12.0. The minimum Gasteiger partial charge on any atom is -0.330 e. The smallest absolute Gasteiger partial charge is 0.288 e. The second kappa shape index (κ2) is 5.98. The maximum atomic E-state index is 12.0. The molecule has 1 rings (SSSR count). The van der Waals surface area contributed by atoms with Crippen LogP contribution in [0.4, 0.5) is 8.78 Å². The zero-order chi connectivity index (χ0) is 10.4. The number of rotatable bonds is 5. The van der Waals surface area contributed by atoms with E-state index >= 15 is 0 Å². The van der Waals surface area contributed by atoms with Crippen LogP contribution in [0, 0.1) is 0 Å². The van der Waals surface area contributed by atoms with Gasteiger partial charge in [0.15, 0.2) is 0 Å². The summed E-state index contributed by atoms with van der Waals surface area (Å²) in [4.78, 5) is 0.620. The fraction of sp³-hybridized carbons (Fsp3) is 0.400. The molecule has 1 nitrogen and oxygen atoms in total. The highest BCUT2D eigenvalue weighted by atomic mass is 32.2. The Hall–Kier alpha value is -0.610. The largest absolute Gasteiger partial charge is 0.330 e. The molecule has 0 heterocycles. The molecule has 0 radical (unpaired) electrons. The molecule has 4 heteroatoms. The minimum atomic E-state index is -2.35. The molecule has 0 aromatic heterocycles. The number of hydrogen-bond donors (Lipinski definition) is 1. The highest BCUT2D eigenvalue weighted by Gasteiger charge is 2.05. The fourth-order valence-electron chi connectivity index (χ4n) is 1.18. The summed E-state index contributed by atoms with van der Waals surface area (Å²) in [7, 11) is 0. The lowest BCUT2D eigenvalue weighted by atomic mass is 10.1. The topological polar surface area (TPSA) is 26.0 Å². The molecule has 0 spiro atoms. The van der Waals surface area contributed by atoms with E-state index in [-0.39, 0.29) is 0 Å². The SMILES string of the molecule is NCCCc1cccc(SC(F)F)c1. The third-order valence-corrected chi connectivity index (χ3v) is 2.50. The van der Waals surface area contributed by atoms with E-state index < -0.39 is 5.76 Å². The Morgan fingerprint density at radius 1 is 1.36 bits per heavy atom. The lowest BCUT2D eigenvalue weighted by Gasteiger charge is -2.03. The van der Waals surface area contributed by atoms with E-state index in [1.807, 2.05) is 6.07 Å². The van der Waals surface area contributed by atoms with Gasteiger partial charge in [0.2, 0.25) is 0 Å². The molecule has 0 unspecified atom stereocenters. The van der Waals surface area contributed by atoms with Gasteiger partial charge in [-0.1, -0.05) is 23.9 Å². The van der Waals surface area contributed by atoms with Crippen molar-refractivity contribution >= 4 is 11.8 Å². The Bertz CT molecular complexity index is 279. The van der Waals surface area contributed by atoms with E-state index in [1.54, 1.807) is 18.2 Å². The van der Waals surface area contributed by atoms with Gasteiger partial charge in [-0.15, -0.1) is 0 Å². The van der Waals surface area contributed by atoms with Crippen LogP contribution < -0.4 is 5.73 Å². The molecule has 78 valence electrons. The van der Waals surface area contributed by atoms with E-state index in [1.165, 1.54) is 0 Å². The number of thioether (sulfide) groups is 1. The molecule has 0 saturated heterocycles. The second-order valence-electron chi connectivity index (χ2n) is 2.92. The zero-order valence-electron chi connectivity index (χ0n) is 7.75. The van der Waals surface area contributed by atoms with Crippen molar-refractivity contribution < 1.29 is 8.78 Å². The van der Waals surface area contributed by atoms with Crippen molar-refractivity contribution in [3.8, 4) is 0 Å². The van der Waals surface area contributed by atoms with Crippen molar-refractivity contribution in [3.05, 3.63) is 29.8 Å². The van der Waals surface area contributed by atoms with Crippen LogP contribution in [0.2, 0.25) is 0 Å². The van der Waals surface area contributed by atoms with Crippen LogP contribution in [0.1, 0.15) is 12.0 Å². The molecule has 0 aliphatic carbocycles. The molecule has 0 amide bonds. The minimum absolute atomic E-state index is 0.581. The first-order valence-electron chi connectivity index (χ1n) is 4.46. The zero-order valence-corrected chi connectivity index (χ0v) is 8.57. The van der Waals surface area contributed by atoms with Crippen LogP contribution in [0.5, 0.6) is 0 Å². The summed E-state index contributed by atoms with van der Waals surface area (Å²) < 4.78 is 24.1. The number of aryl methyl sites for hydroxylation is 1. The number of halogens is 2. The van der Waals surface area contributed by atoms with Crippen LogP contribution in [-0.2, 0) is 6.42 Å². The van der Waals surface area contributed by atoms with Crippen LogP contribution >= 0.6 is 11.8 Å². The molecule has 1 aromatic rings. The van der Waals surface area contributed by atoms with Crippen molar-refractivity contribution in [3.63, 3.8) is 0 Å². The van der Waals surface area contributed by atoms with Crippen molar-refractivity contribution in [2.45, 2.75) is 23.5 Å². The third-order valence-electron chi connectivity index (χ3n) is 1.79. The molecular formula is C10H13F2NS. The first-order valence-corrected chi connectivity index (χ1v) is 5.34. The van der Waals surface area contributed by atoms with Crippen LogP contribution in [-0.4, -0.2) is 12.3 Å². The Labute approximate surface area is 86.7 Å². The molecular weight excluding hydrogens is 204 g/mol. The summed E-state index contributed by atoms with van der Waals surface area (Å²) in [5.41, 5.74) is 6.44. The Morgan fingerprint density at radius 3 is 2.79 bits per heavy atom. The molecule has 1 aromatic carbocycles. The molecule has 0 atom stereocenters. The molecule has 0 aliphatic heterocycles. The quantitative estimate of drug-likeness (QED) is 0.767. The summed E-state index contributed by atoms with van der Waals surface area (Å²) in [6.07, 6.45) is 1.75. The van der Waals surface area contributed by atoms with Gasteiger partial charge in [-0.25, -0.2) is 0 Å². The van der Waals surface area contributed by atoms with Gasteiger partial charge in [0.25, 0.3) is 5.76 Å². The summed E-state index contributed by atoms with van der Waals surface area (Å²) in [5, 5.41) is 0. The number of hydrogen-bond acceptors (Lipinski definition) is 2. The maximum Gasteiger partial charge on any atom is 0.288 e. The van der Waals surface area contributed by atoms with Gasteiger partial charge in [-0.3, -0.25) is 0 Å². The van der Waals surface area contributed by atoms with Gasteiger partial charge < -0.3 is 5.73 Å². The van der Waals surface area contributed by atoms with E-state index in [2.05, 4.69) is 0 Å². The second-order valence-corrected chi connectivity index (χ2v) is 3.98. The lowest BCUT2D eigenvalue weighted by Crippen LogP contribution is -2.00. The predicted molar refractivity (Wildman–Crippen MR) is 55.7 cm³/mol. The molecule has 2 N–H and O–H groups in total. The molecule has 0 bridgehead atoms. The standard InChI is InChI=1S/C10H13F2NS/c11-10(12)14-9-5-1-3-8(7-9)4-2-6-13/h1,3,5,7,10H,2,4,6,13H2. The molecule has 0 fully saturated rings. The van der Waals surface area contributed by atoms with Gasteiger partial charge in [0.05, 0.1) is 0 Å². The Kier molecular flexibility index (Phi) is 4.90. The fourth-order valence-corrected chi connectivity index (χ4v) is 1.77. The Morgan fingerprint density at radius 2 is 2.14 bits per heavy atom. The average molecular weight is 217 g/mol. The summed E-state index contributed by atoms with van der Waals surface area (Å²) in [5.74, 6) is -2.35. The molecule has 0 saturated carbocycles. The van der Waals surface area contributed by atoms with Gasteiger partial charge in [0.1, 0.15) is 0 Å². The average Bonchev–Trinajstić information content (AvgIpc) is 2.14. The predicted octanol–water partition coefficient (Wildman–Crippen LogP) is 2.89. The first kappa shape index (κ1) is 11.5. The third kappa shape index (κ3) is 4.07. The summed E-state index contributed by atoms with van der Waals surface area (Å²) in [6, 6.07) is 7.23. The summed E-state index contributed by atoms with van der Waals surface area (Å²) >= 11 is 0.581. The van der Waals surface area contributed by atoms with Gasteiger partial charge in [-0.05, 0) is 37.1 Å². The normalized spacial score (nSPS) is 10.9. The van der Waals surface area contributed by atoms with E-state index in [4.69, 9.17) is 5.73 Å². The summed E-state index contributed by atoms with van der Waals surface area (Å²) in [6.45, 7) is 0.631. The monoisotopic (exact) mass is 217 g/mol. The van der Waals surface area contributed by atoms with Gasteiger partial charge in [0, 0.05) is 4.90 Å². The number of benzene rings is 1. The highest BCUT2D eigenvalue weighted by molar-refractivity contribution is 7.99. The molecule has 14 heavy (non-hydrogen) atoms. The van der Waals surface area contributed by atoms with Gasteiger partial charge >= 0.3 is 0 Å². The number of nitrogens with two attached hydrogens (primary N) is 1. The van der Waals surface area contributed by atoms with Crippen molar-refractivity contribution in [2.24, 2.45) is 5.73 Å². The highest BCUT2D eigenvalue weighted by Crippen LogP contribution is 2.25. The molecule has 0 aliphatic rings. The van der Waals surface area contributed by atoms with Crippen LogP contribution in [0.3, 0.4) is 0 Å². The van der Waals surface area contributed by atoms with Crippen molar-refractivity contribution in [2.75, 3.05) is 6.54 Å². The van der Waals surface area contributed by atoms with Crippen LogP contribution in [0.25, 0.3) is 0 Å². The van der Waals surface area contributed by atoms with E-state index in [0.717, 1.165) is 18.4 Å². The van der Waals surface area contributed by atoms with Crippen molar-refractivity contribution in [1.82, 2.24) is 0 Å². The Balaban J connectivity index is 2.59. The van der Waals surface area contributed by atoms with E-state index in [0.29, 0.717) is 23.2 Å². The van der Waals surface area contributed by atoms with E-state index in [9.17, 15) is 8.78 Å². The first-order chi connectivity index (χ1) is 6.72.